The number of hydrogen-bond acceptors (Lipinski definition) is 5. The van der Waals surface area contributed by atoms with Crippen molar-refractivity contribution < 1.29 is 35.9 Å². The Morgan fingerprint density at radius 1 is 1.14 bits per heavy atom. The molecule has 2 aromatic rings. The number of nitrogens with one attached hydrogen (secondary N) is 1. The number of methoxy groups -OCH3 is 1. The summed E-state index contributed by atoms with van der Waals surface area (Å²) in [5, 5.41) is 1.86. The van der Waals surface area contributed by atoms with Crippen LogP contribution in [-0.2, 0) is 32.3 Å². The van der Waals surface area contributed by atoms with Crippen molar-refractivity contribution in [3.63, 3.8) is 0 Å². The molecule has 0 bridgehead atoms. The zero-order valence-electron chi connectivity index (χ0n) is 20.1. The van der Waals surface area contributed by atoms with Crippen molar-refractivity contribution in [3.05, 3.63) is 58.6 Å². The molecule has 13 heteroatoms. The van der Waals surface area contributed by atoms with E-state index in [2.05, 4.69) is 5.32 Å². The highest BCUT2D eigenvalue weighted by atomic mass is 35.5. The van der Waals surface area contributed by atoms with Gasteiger partial charge in [-0.2, -0.15) is 13.2 Å². The molecular weight excluding hydrogens is 523 g/mol. The molecule has 0 radical (unpaired) electrons. The maximum Gasteiger partial charge on any atom is 0.417 e. The summed E-state index contributed by atoms with van der Waals surface area (Å²) in [6, 6.07) is 8.29. The number of ether oxygens (including phenoxy) is 1. The molecule has 0 saturated carbocycles. The first-order valence-electron chi connectivity index (χ1n) is 10.7. The Kier molecular flexibility index (Phi) is 9.61. The maximum atomic E-state index is 13.4. The van der Waals surface area contributed by atoms with Crippen LogP contribution < -0.4 is 14.4 Å². The average molecular weight is 550 g/mol. The van der Waals surface area contributed by atoms with Crippen LogP contribution in [-0.4, -0.2) is 58.1 Å². The van der Waals surface area contributed by atoms with Crippen LogP contribution in [0.3, 0.4) is 0 Å². The van der Waals surface area contributed by atoms with Crippen LogP contribution in [0.5, 0.6) is 5.75 Å². The van der Waals surface area contributed by atoms with Gasteiger partial charge in [0, 0.05) is 13.6 Å². The molecule has 0 fully saturated rings. The zero-order valence-corrected chi connectivity index (χ0v) is 21.7. The SMILES string of the molecule is CC[C@@H](C(=O)NC)N(Cc1ccc(OC)cc1)C(=O)CN(c1ccc(Cl)c(C(F)(F)F)c1)S(C)(=O)=O. The van der Waals surface area contributed by atoms with Gasteiger partial charge in [0.05, 0.1) is 29.6 Å². The first-order chi connectivity index (χ1) is 16.7. The number of hydrogen-bond donors (Lipinski definition) is 1. The highest BCUT2D eigenvalue weighted by Crippen LogP contribution is 2.37. The minimum atomic E-state index is -4.84. The zero-order chi connectivity index (χ0) is 27.3. The van der Waals surface area contributed by atoms with Gasteiger partial charge in [-0.15, -0.1) is 0 Å². The molecule has 36 heavy (non-hydrogen) atoms. The molecule has 0 aliphatic heterocycles. The molecule has 0 aromatic heterocycles. The van der Waals surface area contributed by atoms with Gasteiger partial charge in [-0.05, 0) is 42.3 Å². The molecule has 8 nitrogen and oxygen atoms in total. The summed E-state index contributed by atoms with van der Waals surface area (Å²) in [6.45, 7) is 0.791. The first-order valence-corrected chi connectivity index (χ1v) is 12.9. The molecule has 2 aromatic carbocycles. The minimum absolute atomic E-state index is 0.0548. The fourth-order valence-electron chi connectivity index (χ4n) is 3.51. The molecule has 2 rings (SSSR count). The van der Waals surface area contributed by atoms with Crippen molar-refractivity contribution in [2.45, 2.75) is 32.1 Å². The lowest BCUT2D eigenvalue weighted by atomic mass is 10.1. The molecule has 0 heterocycles. The van der Waals surface area contributed by atoms with E-state index >= 15 is 0 Å². The van der Waals surface area contributed by atoms with Crippen LogP contribution in [0.15, 0.2) is 42.5 Å². The van der Waals surface area contributed by atoms with Crippen molar-refractivity contribution in [3.8, 4) is 5.75 Å². The van der Waals surface area contributed by atoms with Crippen LogP contribution in [0.2, 0.25) is 5.02 Å². The predicted octanol–water partition coefficient (Wildman–Crippen LogP) is 3.69. The number of carbonyl (C=O) groups is 2. The number of benzene rings is 2. The number of alkyl halides is 3. The van der Waals surface area contributed by atoms with E-state index in [0.29, 0.717) is 21.7 Å². The van der Waals surface area contributed by atoms with Gasteiger partial charge in [-0.1, -0.05) is 30.7 Å². The fraction of sp³-hybridized carbons (Fsp3) is 0.391. The van der Waals surface area contributed by atoms with Gasteiger partial charge >= 0.3 is 6.18 Å². The number of nitrogens with zero attached hydrogens (tertiary/aromatic N) is 2. The molecular formula is C23H27ClF3N3O5S. The quantitative estimate of drug-likeness (QED) is 0.488. The van der Waals surface area contributed by atoms with Crippen LogP contribution in [0.1, 0.15) is 24.5 Å². The van der Waals surface area contributed by atoms with E-state index in [1.165, 1.54) is 19.1 Å². The summed E-state index contributed by atoms with van der Waals surface area (Å²) in [7, 11) is -1.31. The van der Waals surface area contributed by atoms with Crippen LogP contribution in [0, 0.1) is 0 Å². The summed E-state index contributed by atoms with van der Waals surface area (Å²) in [5.41, 5.74) is -1.00. The summed E-state index contributed by atoms with van der Waals surface area (Å²) < 4.78 is 70.9. The third-order valence-corrected chi connectivity index (χ3v) is 6.84. The Balaban J connectivity index is 2.50. The highest BCUT2D eigenvalue weighted by Gasteiger charge is 2.36. The number of sulfonamides is 1. The maximum absolute atomic E-state index is 13.4. The summed E-state index contributed by atoms with van der Waals surface area (Å²) in [4.78, 5) is 27.2. The molecule has 1 atom stereocenters. The lowest BCUT2D eigenvalue weighted by Crippen LogP contribution is -2.51. The summed E-state index contributed by atoms with van der Waals surface area (Å²) in [6.07, 6.45) is -3.86. The van der Waals surface area contributed by atoms with Gasteiger partial charge in [0.15, 0.2) is 0 Å². The number of rotatable bonds is 10. The standard InChI is InChI=1S/C23H27ClF3N3O5S/c1-5-20(22(32)28-2)29(13-15-6-9-17(35-3)10-7-15)21(31)14-30(36(4,33)34)16-8-11-19(24)18(12-16)23(25,26)27/h6-12,20H,5,13-14H2,1-4H3,(H,28,32)/t20-/m0/s1. The second kappa shape index (κ2) is 11.8. The van der Waals surface area contributed by atoms with E-state index in [1.54, 1.807) is 31.2 Å². The van der Waals surface area contributed by atoms with E-state index in [-0.39, 0.29) is 18.7 Å². The van der Waals surface area contributed by atoms with E-state index in [9.17, 15) is 31.2 Å². The van der Waals surface area contributed by atoms with Crippen molar-refractivity contribution in [2.75, 3.05) is 31.3 Å². The molecule has 0 aliphatic carbocycles. The molecule has 1 N–H and O–H groups in total. The average Bonchev–Trinajstić information content (AvgIpc) is 2.81. The number of likely N-dealkylation sites (N-methyl/N-ethyl adjacent to an activating group) is 1. The number of anilines is 1. The number of carbonyl (C=O) groups excluding carboxylic acids is 2. The van der Waals surface area contributed by atoms with Crippen molar-refractivity contribution in [1.82, 2.24) is 10.2 Å². The van der Waals surface area contributed by atoms with E-state index in [4.69, 9.17) is 16.3 Å². The van der Waals surface area contributed by atoms with Gasteiger partial charge < -0.3 is 15.0 Å². The van der Waals surface area contributed by atoms with Gasteiger partial charge in [0.2, 0.25) is 21.8 Å². The molecule has 0 spiro atoms. The Bertz CT molecular complexity index is 1190. The smallest absolute Gasteiger partial charge is 0.417 e. The van der Waals surface area contributed by atoms with Crippen LogP contribution >= 0.6 is 11.6 Å². The largest absolute Gasteiger partial charge is 0.497 e. The monoisotopic (exact) mass is 549 g/mol. The second-order valence-corrected chi connectivity index (χ2v) is 10.2. The van der Waals surface area contributed by atoms with Crippen molar-refractivity contribution >= 4 is 39.1 Å². The molecule has 198 valence electrons. The summed E-state index contributed by atoms with van der Waals surface area (Å²) >= 11 is 5.66. The Labute approximate surface area is 213 Å². The Morgan fingerprint density at radius 2 is 1.75 bits per heavy atom. The van der Waals surface area contributed by atoms with E-state index in [0.717, 1.165) is 18.4 Å². The first kappa shape index (κ1) is 29.2. The third-order valence-electron chi connectivity index (χ3n) is 5.37. The van der Waals surface area contributed by atoms with Gasteiger partial charge in [0.25, 0.3) is 0 Å². The van der Waals surface area contributed by atoms with Crippen LogP contribution in [0.25, 0.3) is 0 Å². The van der Waals surface area contributed by atoms with Crippen molar-refractivity contribution in [2.24, 2.45) is 0 Å². The van der Waals surface area contributed by atoms with Crippen LogP contribution in [0.4, 0.5) is 18.9 Å². The molecule has 0 aliphatic rings. The number of halogens is 4. The fourth-order valence-corrected chi connectivity index (χ4v) is 4.58. The number of amides is 2. The van der Waals surface area contributed by atoms with Gasteiger partial charge in [-0.3, -0.25) is 13.9 Å². The predicted molar refractivity (Wildman–Crippen MR) is 130 cm³/mol. The van der Waals surface area contributed by atoms with E-state index in [1.807, 2.05) is 0 Å². The van der Waals surface area contributed by atoms with Crippen molar-refractivity contribution in [1.29, 1.82) is 0 Å². The van der Waals surface area contributed by atoms with Gasteiger partial charge in [-0.25, -0.2) is 8.42 Å². The molecule has 0 unspecified atom stereocenters. The third kappa shape index (κ3) is 7.26. The molecule has 2 amide bonds. The highest BCUT2D eigenvalue weighted by molar-refractivity contribution is 7.92. The normalized spacial score (nSPS) is 12.6. The second-order valence-electron chi connectivity index (χ2n) is 7.84. The lowest BCUT2D eigenvalue weighted by molar-refractivity contribution is -0.140. The Morgan fingerprint density at radius 3 is 2.22 bits per heavy atom. The molecule has 0 saturated heterocycles. The van der Waals surface area contributed by atoms with E-state index < -0.39 is 51.2 Å². The topological polar surface area (TPSA) is 96.0 Å². The summed E-state index contributed by atoms with van der Waals surface area (Å²) in [5.74, 6) is -0.687. The Hall–Kier alpha value is -2.99. The van der Waals surface area contributed by atoms with Gasteiger partial charge in [0.1, 0.15) is 18.3 Å². The minimum Gasteiger partial charge on any atom is -0.497 e. The lowest BCUT2D eigenvalue weighted by Gasteiger charge is -2.32.